The van der Waals surface area contributed by atoms with Gasteiger partial charge in [-0.15, -0.1) is 0 Å². The van der Waals surface area contributed by atoms with Gasteiger partial charge in [0.05, 0.1) is 0 Å². The first-order chi connectivity index (χ1) is 6.07. The predicted octanol–water partition coefficient (Wildman–Crippen LogP) is 1.43. The van der Waals surface area contributed by atoms with Crippen molar-refractivity contribution in [1.82, 2.24) is 0 Å². The van der Waals surface area contributed by atoms with E-state index in [-0.39, 0.29) is 3.07 Å². The monoisotopic (exact) mass is 377 g/mol. The molecule has 1 aromatic rings. The second-order valence-corrected chi connectivity index (χ2v) is 7.86. The Balaban J connectivity index is 3.34. The van der Waals surface area contributed by atoms with Gasteiger partial charge >= 0.3 is 83.4 Å². The van der Waals surface area contributed by atoms with E-state index in [0.29, 0.717) is 6.07 Å². The summed E-state index contributed by atoms with van der Waals surface area (Å²) in [6.07, 6.45) is 0. The zero-order valence-corrected chi connectivity index (χ0v) is 11.7. The molecule has 0 aliphatic rings. The fourth-order valence-corrected chi connectivity index (χ4v) is 3.80. The summed E-state index contributed by atoms with van der Waals surface area (Å²) in [6.45, 7) is 0. The molecule has 13 heavy (non-hydrogen) atoms. The Morgan fingerprint density at radius 1 is 1.08 bits per heavy atom. The molecule has 0 saturated heterocycles. The number of hydrogen-bond donors (Lipinski definition) is 0. The van der Waals surface area contributed by atoms with Gasteiger partial charge in [-0.25, -0.2) is 0 Å². The topological polar surface area (TPSA) is 23.8 Å². The Hall–Kier alpha value is -0.635. The summed E-state index contributed by atoms with van der Waals surface area (Å²) >= 11 is -2.43. The molecule has 0 aliphatic carbocycles. The Morgan fingerprint density at radius 2 is 1.69 bits per heavy atom. The van der Waals surface area contributed by atoms with Crippen molar-refractivity contribution in [3.8, 4) is 3.58 Å². The number of hydrogen-bond acceptors (Lipinski definition) is 1. The summed E-state index contributed by atoms with van der Waals surface area (Å²) in [5.74, 6) is -6.51. The van der Waals surface area contributed by atoms with Crippen LogP contribution in [0, 0.1) is 32.1 Å². The fourth-order valence-electron chi connectivity index (χ4n) is 0.836. The maximum absolute atomic E-state index is 12.8. The molecule has 0 amide bonds. The molecule has 0 heterocycles. The molecule has 0 saturated carbocycles. The molecule has 1 aromatic carbocycles. The number of halogens is 4. The van der Waals surface area contributed by atoms with Crippen LogP contribution in [-0.4, -0.2) is 0 Å². The molecular weight excluding hydrogens is 375 g/mol. The van der Waals surface area contributed by atoms with Crippen LogP contribution in [0.4, 0.5) is 17.6 Å². The molecule has 0 fully saturated rings. The zero-order valence-electron chi connectivity index (χ0n) is 6.24. The van der Waals surface area contributed by atoms with Gasteiger partial charge in [0, 0.05) is 0 Å². The van der Waals surface area contributed by atoms with Gasteiger partial charge in [0.1, 0.15) is 0 Å². The Labute approximate surface area is 83.4 Å². The summed E-state index contributed by atoms with van der Waals surface area (Å²) in [7, 11) is 0. The van der Waals surface area contributed by atoms with E-state index in [1.807, 2.05) is 0 Å². The molecule has 0 aromatic heterocycles. The van der Waals surface area contributed by atoms with Crippen LogP contribution in [0.3, 0.4) is 0 Å². The maximum atomic E-state index is 12.8. The molecule has 1 rings (SSSR count). The zero-order chi connectivity index (χ0) is 10.0. The fraction of sp³-hybridized carbons (Fsp3) is 0. The first-order valence-corrected chi connectivity index (χ1v) is 8.76. The van der Waals surface area contributed by atoms with E-state index in [4.69, 9.17) is 5.26 Å². The van der Waals surface area contributed by atoms with Crippen LogP contribution in [0.2, 0.25) is 0 Å². The van der Waals surface area contributed by atoms with Gasteiger partial charge in [0.2, 0.25) is 0 Å². The summed E-state index contributed by atoms with van der Waals surface area (Å²) in [4.78, 5) is 0. The molecule has 1 nitrogen and oxygen atoms in total. The molecule has 0 aliphatic heterocycles. The van der Waals surface area contributed by atoms with Gasteiger partial charge < -0.3 is 0 Å². The molecule has 0 spiro atoms. The van der Waals surface area contributed by atoms with Crippen LogP contribution in [0.5, 0.6) is 0 Å². The van der Waals surface area contributed by atoms with Crippen LogP contribution in [0.15, 0.2) is 6.07 Å². The number of benzene rings is 1. The number of nitrogens with zero attached hydrogens (tertiary/aromatic N) is 1. The Morgan fingerprint density at radius 3 is 2.23 bits per heavy atom. The third-order valence-corrected chi connectivity index (χ3v) is 5.54. The van der Waals surface area contributed by atoms with E-state index in [1.54, 1.807) is 3.58 Å². The quantitative estimate of drug-likeness (QED) is 0.315. The second kappa shape index (κ2) is 4.05. The molecule has 0 bridgehead atoms. The van der Waals surface area contributed by atoms with E-state index in [2.05, 4.69) is 0 Å². The first kappa shape index (κ1) is 10.4. The van der Waals surface area contributed by atoms with Gasteiger partial charge in [-0.3, -0.25) is 0 Å². The van der Waals surface area contributed by atoms with Gasteiger partial charge in [-0.2, -0.15) is 0 Å². The first-order valence-electron chi connectivity index (χ1n) is 3.26. The Kier molecular flexibility index (Phi) is 3.25. The van der Waals surface area contributed by atoms with Crippen LogP contribution >= 0.6 is 0 Å². The SMILES string of the molecule is N#[C][Hg][c]1cc(F)c(F)c(F)c1F. The number of rotatable bonds is 1. The summed E-state index contributed by atoms with van der Waals surface area (Å²) < 4.78 is 51.6. The molecular formula is C7HF4HgN. The summed E-state index contributed by atoms with van der Waals surface area (Å²) in [6, 6.07) is 0.568. The van der Waals surface area contributed by atoms with E-state index in [1.165, 1.54) is 0 Å². The van der Waals surface area contributed by atoms with Gasteiger partial charge in [0.25, 0.3) is 0 Å². The van der Waals surface area contributed by atoms with E-state index in [9.17, 15) is 17.6 Å². The van der Waals surface area contributed by atoms with E-state index in [0.717, 1.165) is 0 Å². The van der Waals surface area contributed by atoms with Crippen molar-refractivity contribution >= 4 is 3.07 Å². The van der Waals surface area contributed by atoms with Gasteiger partial charge in [-0.05, 0) is 0 Å². The molecule has 0 unspecified atom stereocenters. The van der Waals surface area contributed by atoms with Crippen molar-refractivity contribution in [2.24, 2.45) is 0 Å². The van der Waals surface area contributed by atoms with E-state index < -0.39 is 47.8 Å². The molecule has 0 atom stereocenters. The van der Waals surface area contributed by atoms with Crippen molar-refractivity contribution in [3.05, 3.63) is 29.3 Å². The standard InChI is InChI=1S/C6HF4.CN.Hg/c7-3-1-2-4(8)6(10)5(3)9;1-2;/h1H;;. The van der Waals surface area contributed by atoms with Crippen molar-refractivity contribution < 1.29 is 42.1 Å². The third kappa shape index (κ3) is 1.99. The minimum absolute atomic E-state index is 0.265. The minimum atomic E-state index is -2.43. The molecule has 6 heteroatoms. The van der Waals surface area contributed by atoms with Crippen molar-refractivity contribution in [1.29, 1.82) is 5.26 Å². The van der Waals surface area contributed by atoms with Crippen molar-refractivity contribution in [2.45, 2.75) is 0 Å². The van der Waals surface area contributed by atoms with Crippen LogP contribution in [-0.2, 0) is 24.6 Å². The van der Waals surface area contributed by atoms with Gasteiger partial charge in [0.15, 0.2) is 0 Å². The predicted molar refractivity (Wildman–Crippen MR) is 31.5 cm³/mol. The van der Waals surface area contributed by atoms with Crippen molar-refractivity contribution in [2.75, 3.05) is 0 Å². The van der Waals surface area contributed by atoms with Crippen molar-refractivity contribution in [3.63, 3.8) is 0 Å². The average molecular weight is 376 g/mol. The summed E-state index contributed by atoms with van der Waals surface area (Å²) in [5, 5.41) is 8.24. The summed E-state index contributed by atoms with van der Waals surface area (Å²) in [5.41, 5.74) is 0. The second-order valence-electron chi connectivity index (χ2n) is 2.29. The Bertz CT molecular complexity index is 385. The third-order valence-electron chi connectivity index (χ3n) is 1.45. The van der Waals surface area contributed by atoms with Crippen LogP contribution in [0.25, 0.3) is 0 Å². The number of nitriles is 1. The molecule has 0 N–H and O–H groups in total. The van der Waals surface area contributed by atoms with E-state index >= 15 is 0 Å². The molecule has 0 radical (unpaired) electrons. The van der Waals surface area contributed by atoms with Crippen LogP contribution in [0.1, 0.15) is 0 Å². The molecule has 64 valence electrons. The van der Waals surface area contributed by atoms with Gasteiger partial charge in [-0.1, -0.05) is 0 Å². The average Bonchev–Trinajstić information content (AvgIpc) is 2.11. The normalized spacial score (nSPS) is 9.15. The van der Waals surface area contributed by atoms with Crippen LogP contribution < -0.4 is 3.07 Å².